The highest BCUT2D eigenvalue weighted by Crippen LogP contribution is 2.35. The molecule has 2 aromatic carbocycles. The van der Waals surface area contributed by atoms with Crippen molar-refractivity contribution < 1.29 is 4.79 Å². The number of rotatable bonds is 4. The van der Waals surface area contributed by atoms with Gasteiger partial charge in [0, 0.05) is 21.4 Å². The molecule has 1 aliphatic heterocycles. The van der Waals surface area contributed by atoms with Crippen molar-refractivity contribution >= 4 is 33.2 Å². The SMILES string of the molecule is CCCc1ccc(NC2C(=O)Nc3ccc(Br)cc32)cc1. The van der Waals surface area contributed by atoms with Gasteiger partial charge in [-0.3, -0.25) is 4.79 Å². The van der Waals surface area contributed by atoms with Gasteiger partial charge in [-0.15, -0.1) is 0 Å². The zero-order valence-corrected chi connectivity index (χ0v) is 13.4. The molecular weight excluding hydrogens is 328 g/mol. The average molecular weight is 345 g/mol. The van der Waals surface area contributed by atoms with Crippen molar-refractivity contribution in [2.45, 2.75) is 25.8 Å². The predicted octanol–water partition coefficient (Wildman–Crippen LogP) is 4.51. The third-order valence-corrected chi connectivity index (χ3v) is 4.14. The number of hydrogen-bond donors (Lipinski definition) is 2. The maximum absolute atomic E-state index is 12.1. The Hall–Kier alpha value is -1.81. The van der Waals surface area contributed by atoms with Crippen LogP contribution in [-0.4, -0.2) is 5.91 Å². The summed E-state index contributed by atoms with van der Waals surface area (Å²) >= 11 is 3.46. The zero-order chi connectivity index (χ0) is 14.8. The van der Waals surface area contributed by atoms with Gasteiger partial charge in [-0.25, -0.2) is 0 Å². The average Bonchev–Trinajstić information content (AvgIpc) is 2.77. The van der Waals surface area contributed by atoms with E-state index in [0.717, 1.165) is 34.3 Å². The third kappa shape index (κ3) is 2.95. The van der Waals surface area contributed by atoms with Crippen LogP contribution in [0.3, 0.4) is 0 Å². The monoisotopic (exact) mass is 344 g/mol. The number of carbonyl (C=O) groups excluding carboxylic acids is 1. The zero-order valence-electron chi connectivity index (χ0n) is 11.8. The Morgan fingerprint density at radius 1 is 1.19 bits per heavy atom. The molecule has 3 nitrogen and oxygen atoms in total. The largest absolute Gasteiger partial charge is 0.370 e. The molecule has 0 aliphatic carbocycles. The number of hydrogen-bond acceptors (Lipinski definition) is 2. The summed E-state index contributed by atoms with van der Waals surface area (Å²) in [7, 11) is 0. The Bertz CT molecular complexity index is 667. The standard InChI is InChI=1S/C17H17BrN2O/c1-2-3-11-4-7-13(8-5-11)19-16-14-10-12(18)6-9-15(14)20-17(16)21/h4-10,16,19H,2-3H2,1H3,(H,20,21). The normalized spacial score (nSPS) is 16.5. The maximum Gasteiger partial charge on any atom is 0.251 e. The molecule has 4 heteroatoms. The second-order valence-electron chi connectivity index (χ2n) is 5.25. The molecule has 1 unspecified atom stereocenters. The van der Waals surface area contributed by atoms with Crippen LogP contribution in [-0.2, 0) is 11.2 Å². The van der Waals surface area contributed by atoms with E-state index in [-0.39, 0.29) is 11.9 Å². The van der Waals surface area contributed by atoms with E-state index in [0.29, 0.717) is 0 Å². The fourth-order valence-electron chi connectivity index (χ4n) is 2.60. The topological polar surface area (TPSA) is 41.1 Å². The highest BCUT2D eigenvalue weighted by molar-refractivity contribution is 9.10. The van der Waals surface area contributed by atoms with Crippen LogP contribution >= 0.6 is 15.9 Å². The van der Waals surface area contributed by atoms with Crippen molar-refractivity contribution in [1.29, 1.82) is 0 Å². The Balaban J connectivity index is 1.82. The van der Waals surface area contributed by atoms with Crippen LogP contribution in [0.5, 0.6) is 0 Å². The molecule has 0 fully saturated rings. The van der Waals surface area contributed by atoms with E-state index in [4.69, 9.17) is 0 Å². The molecular formula is C17H17BrN2O. The van der Waals surface area contributed by atoms with Gasteiger partial charge in [0.05, 0.1) is 0 Å². The number of amides is 1. The third-order valence-electron chi connectivity index (χ3n) is 3.65. The van der Waals surface area contributed by atoms with Crippen LogP contribution in [0.2, 0.25) is 0 Å². The summed E-state index contributed by atoms with van der Waals surface area (Å²) in [4.78, 5) is 12.1. The highest BCUT2D eigenvalue weighted by atomic mass is 79.9. The predicted molar refractivity (Wildman–Crippen MR) is 89.6 cm³/mol. The van der Waals surface area contributed by atoms with E-state index in [9.17, 15) is 4.79 Å². The molecule has 2 aromatic rings. The van der Waals surface area contributed by atoms with Crippen LogP contribution in [0, 0.1) is 0 Å². The van der Waals surface area contributed by atoms with Gasteiger partial charge in [-0.1, -0.05) is 41.4 Å². The molecule has 1 amide bonds. The maximum atomic E-state index is 12.1. The lowest BCUT2D eigenvalue weighted by Gasteiger charge is -2.13. The molecule has 2 N–H and O–H groups in total. The van der Waals surface area contributed by atoms with Crippen LogP contribution in [0.4, 0.5) is 11.4 Å². The first kappa shape index (κ1) is 14.1. The Morgan fingerprint density at radius 3 is 2.67 bits per heavy atom. The highest BCUT2D eigenvalue weighted by Gasteiger charge is 2.30. The molecule has 0 aromatic heterocycles. The summed E-state index contributed by atoms with van der Waals surface area (Å²) in [6.07, 6.45) is 2.22. The summed E-state index contributed by atoms with van der Waals surface area (Å²) in [5.41, 5.74) is 4.14. The lowest BCUT2D eigenvalue weighted by Crippen LogP contribution is -2.19. The fraction of sp³-hybridized carbons (Fsp3) is 0.235. The summed E-state index contributed by atoms with van der Waals surface area (Å²) < 4.78 is 0.975. The summed E-state index contributed by atoms with van der Waals surface area (Å²) in [5, 5.41) is 6.21. The number of carbonyl (C=O) groups is 1. The van der Waals surface area contributed by atoms with Crippen molar-refractivity contribution in [2.24, 2.45) is 0 Å². The smallest absolute Gasteiger partial charge is 0.251 e. The Kier molecular flexibility index (Phi) is 3.97. The first-order chi connectivity index (χ1) is 10.2. The first-order valence-corrected chi connectivity index (χ1v) is 7.92. The second kappa shape index (κ2) is 5.90. The molecule has 0 spiro atoms. The van der Waals surface area contributed by atoms with Crippen LogP contribution < -0.4 is 10.6 Å². The van der Waals surface area contributed by atoms with Crippen LogP contribution in [0.1, 0.15) is 30.5 Å². The van der Waals surface area contributed by atoms with Crippen molar-refractivity contribution in [1.82, 2.24) is 0 Å². The molecule has 0 radical (unpaired) electrons. The first-order valence-electron chi connectivity index (χ1n) is 7.13. The van der Waals surface area contributed by atoms with E-state index >= 15 is 0 Å². The van der Waals surface area contributed by atoms with Gasteiger partial charge in [0.1, 0.15) is 6.04 Å². The van der Waals surface area contributed by atoms with Gasteiger partial charge >= 0.3 is 0 Å². The van der Waals surface area contributed by atoms with Crippen LogP contribution in [0.25, 0.3) is 0 Å². The minimum absolute atomic E-state index is 0.0132. The molecule has 108 valence electrons. The van der Waals surface area contributed by atoms with Gasteiger partial charge in [0.25, 0.3) is 5.91 Å². The number of benzene rings is 2. The van der Waals surface area contributed by atoms with Crippen molar-refractivity contribution in [3.8, 4) is 0 Å². The number of fused-ring (bicyclic) bond motifs is 1. The van der Waals surface area contributed by atoms with Crippen molar-refractivity contribution in [3.63, 3.8) is 0 Å². The lowest BCUT2D eigenvalue weighted by molar-refractivity contribution is -0.116. The van der Waals surface area contributed by atoms with Crippen molar-refractivity contribution in [2.75, 3.05) is 10.6 Å². The van der Waals surface area contributed by atoms with E-state index in [1.807, 2.05) is 30.3 Å². The minimum atomic E-state index is -0.338. The lowest BCUT2D eigenvalue weighted by atomic mass is 10.1. The van der Waals surface area contributed by atoms with E-state index in [1.165, 1.54) is 5.56 Å². The van der Waals surface area contributed by atoms with Gasteiger partial charge in [-0.2, -0.15) is 0 Å². The van der Waals surface area contributed by atoms with Gasteiger partial charge in [0.2, 0.25) is 0 Å². The Labute approximate surface area is 132 Å². The second-order valence-corrected chi connectivity index (χ2v) is 6.16. The van der Waals surface area contributed by atoms with Gasteiger partial charge in [-0.05, 0) is 42.3 Å². The van der Waals surface area contributed by atoms with E-state index in [1.54, 1.807) is 0 Å². The number of halogens is 1. The van der Waals surface area contributed by atoms with E-state index in [2.05, 4.69) is 45.6 Å². The number of nitrogens with one attached hydrogen (secondary N) is 2. The van der Waals surface area contributed by atoms with Crippen molar-refractivity contribution in [3.05, 3.63) is 58.1 Å². The number of anilines is 2. The van der Waals surface area contributed by atoms with Gasteiger partial charge in [0.15, 0.2) is 0 Å². The Morgan fingerprint density at radius 2 is 1.95 bits per heavy atom. The quantitative estimate of drug-likeness (QED) is 0.856. The molecule has 1 heterocycles. The summed E-state index contributed by atoms with van der Waals surface area (Å²) in [5.74, 6) is -0.0132. The molecule has 0 bridgehead atoms. The molecule has 1 atom stereocenters. The van der Waals surface area contributed by atoms with Crippen LogP contribution in [0.15, 0.2) is 46.9 Å². The summed E-state index contributed by atoms with van der Waals surface area (Å²) in [6, 6.07) is 13.8. The molecule has 3 rings (SSSR count). The molecule has 21 heavy (non-hydrogen) atoms. The molecule has 0 saturated heterocycles. The van der Waals surface area contributed by atoms with E-state index < -0.39 is 0 Å². The summed E-state index contributed by atoms with van der Waals surface area (Å²) in [6.45, 7) is 2.17. The molecule has 1 aliphatic rings. The molecule has 0 saturated carbocycles. The van der Waals surface area contributed by atoms with Gasteiger partial charge < -0.3 is 10.6 Å². The fourth-order valence-corrected chi connectivity index (χ4v) is 2.98. The number of aryl methyl sites for hydroxylation is 1. The minimum Gasteiger partial charge on any atom is -0.370 e.